The first-order chi connectivity index (χ1) is 11.0. The summed E-state index contributed by atoms with van der Waals surface area (Å²) in [4.78, 5) is 21.1. The Morgan fingerprint density at radius 1 is 1.52 bits per heavy atom. The summed E-state index contributed by atoms with van der Waals surface area (Å²) in [5.74, 6) is 0.574. The zero-order chi connectivity index (χ0) is 16.4. The van der Waals surface area contributed by atoms with Gasteiger partial charge in [-0.1, -0.05) is 6.08 Å². The molecule has 2 aliphatic heterocycles. The highest BCUT2D eigenvalue weighted by Crippen LogP contribution is 2.43. The van der Waals surface area contributed by atoms with Crippen molar-refractivity contribution >= 4 is 5.97 Å². The summed E-state index contributed by atoms with van der Waals surface area (Å²) in [6.45, 7) is 8.61. The fraction of sp³-hybridized carbons (Fsp3) is 0.647. The zero-order valence-corrected chi connectivity index (χ0v) is 13.8. The van der Waals surface area contributed by atoms with E-state index in [1.807, 2.05) is 30.1 Å². The number of nitrogens with zero attached hydrogens (tertiary/aromatic N) is 4. The first-order valence-corrected chi connectivity index (χ1v) is 8.30. The Hall–Kier alpha value is -1.66. The Kier molecular flexibility index (Phi) is 4.55. The molecule has 126 valence electrons. The fourth-order valence-corrected chi connectivity index (χ4v) is 4.18. The molecular formula is C17H26N4O2. The molecule has 1 N–H and O–H groups in total. The number of aromatic nitrogens is 2. The number of carboxylic acid groups (broad SMARTS) is 1. The lowest BCUT2D eigenvalue weighted by atomic mass is 9.75. The van der Waals surface area contributed by atoms with Gasteiger partial charge in [0.2, 0.25) is 0 Å². The van der Waals surface area contributed by atoms with Gasteiger partial charge >= 0.3 is 5.97 Å². The van der Waals surface area contributed by atoms with Gasteiger partial charge < -0.3 is 9.67 Å². The molecule has 3 rings (SSSR count). The molecule has 0 unspecified atom stereocenters. The number of fused-ring (bicyclic) bond motifs is 1. The van der Waals surface area contributed by atoms with Crippen LogP contribution in [0.3, 0.4) is 0 Å². The Labute approximate surface area is 137 Å². The molecule has 0 radical (unpaired) electrons. The molecule has 0 aromatic carbocycles. The molecule has 0 spiro atoms. The maximum absolute atomic E-state index is 12.1. The van der Waals surface area contributed by atoms with Crippen molar-refractivity contribution in [2.75, 3.05) is 32.7 Å². The normalized spacial score (nSPS) is 29.2. The summed E-state index contributed by atoms with van der Waals surface area (Å²) in [6, 6.07) is 0. The average molecular weight is 318 g/mol. The van der Waals surface area contributed by atoms with Gasteiger partial charge in [-0.3, -0.25) is 14.6 Å². The van der Waals surface area contributed by atoms with Crippen molar-refractivity contribution in [3.05, 3.63) is 30.9 Å². The summed E-state index contributed by atoms with van der Waals surface area (Å²) in [5, 5.41) is 9.91. The van der Waals surface area contributed by atoms with Crippen LogP contribution in [0.4, 0.5) is 0 Å². The summed E-state index contributed by atoms with van der Waals surface area (Å²) in [6.07, 6.45) is 7.32. The van der Waals surface area contributed by atoms with Crippen LogP contribution in [-0.4, -0.2) is 63.2 Å². The number of carboxylic acids is 1. The van der Waals surface area contributed by atoms with Crippen LogP contribution in [0.2, 0.25) is 0 Å². The van der Waals surface area contributed by atoms with Crippen molar-refractivity contribution in [3.63, 3.8) is 0 Å². The Bertz CT molecular complexity index is 585. The van der Waals surface area contributed by atoms with Gasteiger partial charge in [0.25, 0.3) is 0 Å². The molecule has 6 heteroatoms. The minimum absolute atomic E-state index is 0.169. The highest BCUT2D eigenvalue weighted by Gasteiger charge is 2.52. The van der Waals surface area contributed by atoms with Gasteiger partial charge in [0.05, 0.1) is 12.0 Å². The third kappa shape index (κ3) is 3.05. The standard InChI is InChI=1S/C17H26N4O2/c1-3-7-21-11-14-10-20(12-15-18-6-9-19(15)2)8-4-5-17(14,13-21)16(22)23/h3,6,9,14H,1,4-5,7-8,10-13H2,2H3,(H,22,23)/t14-,17-/m1/s1. The molecule has 1 aromatic rings. The van der Waals surface area contributed by atoms with Crippen LogP contribution in [0.5, 0.6) is 0 Å². The predicted octanol–water partition coefficient (Wildman–Crippen LogP) is 1.20. The van der Waals surface area contributed by atoms with E-state index in [1.54, 1.807) is 0 Å². The van der Waals surface area contributed by atoms with E-state index >= 15 is 0 Å². The van der Waals surface area contributed by atoms with Crippen LogP contribution < -0.4 is 0 Å². The van der Waals surface area contributed by atoms with Crippen LogP contribution in [0.25, 0.3) is 0 Å². The van der Waals surface area contributed by atoms with Crippen molar-refractivity contribution in [2.45, 2.75) is 19.4 Å². The number of imidazole rings is 1. The van der Waals surface area contributed by atoms with E-state index in [-0.39, 0.29) is 5.92 Å². The first kappa shape index (κ1) is 16.2. The highest BCUT2D eigenvalue weighted by molar-refractivity contribution is 5.76. The van der Waals surface area contributed by atoms with Crippen LogP contribution in [0, 0.1) is 11.3 Å². The number of aryl methyl sites for hydroxylation is 1. The number of hydrogen-bond donors (Lipinski definition) is 1. The second kappa shape index (κ2) is 6.45. The van der Waals surface area contributed by atoms with Crippen LogP contribution in [-0.2, 0) is 18.4 Å². The SMILES string of the molecule is C=CCN1C[C@H]2CN(Cc3nccn3C)CCC[C@@]2(C(=O)O)C1. The van der Waals surface area contributed by atoms with Crippen LogP contribution >= 0.6 is 0 Å². The molecule has 0 amide bonds. The van der Waals surface area contributed by atoms with Gasteiger partial charge in [-0.25, -0.2) is 4.98 Å². The maximum Gasteiger partial charge on any atom is 0.311 e. The number of likely N-dealkylation sites (tertiary alicyclic amines) is 2. The highest BCUT2D eigenvalue weighted by atomic mass is 16.4. The van der Waals surface area contributed by atoms with Crippen molar-refractivity contribution in [1.82, 2.24) is 19.4 Å². The molecular weight excluding hydrogens is 292 g/mol. The minimum atomic E-state index is -0.632. The monoisotopic (exact) mass is 318 g/mol. The molecule has 3 heterocycles. The van der Waals surface area contributed by atoms with Crippen molar-refractivity contribution < 1.29 is 9.90 Å². The van der Waals surface area contributed by atoms with Crippen molar-refractivity contribution in [1.29, 1.82) is 0 Å². The van der Waals surface area contributed by atoms with Crippen LogP contribution in [0.15, 0.2) is 25.0 Å². The quantitative estimate of drug-likeness (QED) is 0.827. The molecule has 0 aliphatic carbocycles. The van der Waals surface area contributed by atoms with Crippen molar-refractivity contribution in [2.24, 2.45) is 18.4 Å². The third-order valence-corrected chi connectivity index (χ3v) is 5.44. The minimum Gasteiger partial charge on any atom is -0.481 e. The molecule has 2 atom stereocenters. The molecule has 0 bridgehead atoms. The third-order valence-electron chi connectivity index (χ3n) is 5.44. The zero-order valence-electron chi connectivity index (χ0n) is 13.8. The van der Waals surface area contributed by atoms with E-state index in [1.165, 1.54) is 0 Å². The van der Waals surface area contributed by atoms with E-state index in [0.717, 1.165) is 51.4 Å². The largest absolute Gasteiger partial charge is 0.481 e. The number of carbonyl (C=O) groups is 1. The second-order valence-electron chi connectivity index (χ2n) is 6.93. The van der Waals surface area contributed by atoms with Gasteiger partial charge in [0.1, 0.15) is 5.82 Å². The molecule has 2 fully saturated rings. The Morgan fingerprint density at radius 3 is 2.96 bits per heavy atom. The maximum atomic E-state index is 12.1. The average Bonchev–Trinajstić information content (AvgIpc) is 3.00. The fourth-order valence-electron chi connectivity index (χ4n) is 4.18. The molecule has 23 heavy (non-hydrogen) atoms. The summed E-state index contributed by atoms with van der Waals surface area (Å²) >= 11 is 0. The van der Waals surface area contributed by atoms with Gasteiger partial charge in [0, 0.05) is 51.5 Å². The van der Waals surface area contributed by atoms with Gasteiger partial charge in [-0.05, 0) is 19.4 Å². The summed E-state index contributed by atoms with van der Waals surface area (Å²) in [7, 11) is 2.00. The van der Waals surface area contributed by atoms with E-state index < -0.39 is 11.4 Å². The van der Waals surface area contributed by atoms with Gasteiger partial charge in [-0.15, -0.1) is 6.58 Å². The molecule has 1 aromatic heterocycles. The first-order valence-electron chi connectivity index (χ1n) is 8.30. The Balaban J connectivity index is 1.76. The number of rotatable bonds is 5. The molecule has 6 nitrogen and oxygen atoms in total. The summed E-state index contributed by atoms with van der Waals surface area (Å²) < 4.78 is 2.04. The van der Waals surface area contributed by atoms with E-state index in [9.17, 15) is 9.90 Å². The molecule has 2 saturated heterocycles. The predicted molar refractivity (Wildman–Crippen MR) is 87.9 cm³/mol. The van der Waals surface area contributed by atoms with Crippen molar-refractivity contribution in [3.8, 4) is 0 Å². The molecule has 0 saturated carbocycles. The summed E-state index contributed by atoms with van der Waals surface area (Å²) in [5.41, 5.74) is -0.598. The number of hydrogen-bond acceptors (Lipinski definition) is 4. The van der Waals surface area contributed by atoms with E-state index in [2.05, 4.69) is 21.4 Å². The van der Waals surface area contributed by atoms with E-state index in [4.69, 9.17) is 0 Å². The van der Waals surface area contributed by atoms with Crippen LogP contribution in [0.1, 0.15) is 18.7 Å². The molecule has 2 aliphatic rings. The number of aliphatic carboxylic acids is 1. The van der Waals surface area contributed by atoms with E-state index in [0.29, 0.717) is 6.54 Å². The lowest BCUT2D eigenvalue weighted by molar-refractivity contribution is -0.151. The van der Waals surface area contributed by atoms with Gasteiger partial charge in [0.15, 0.2) is 0 Å². The van der Waals surface area contributed by atoms with Gasteiger partial charge in [-0.2, -0.15) is 0 Å². The smallest absolute Gasteiger partial charge is 0.311 e. The lowest BCUT2D eigenvalue weighted by Gasteiger charge is -2.29. The topological polar surface area (TPSA) is 61.6 Å². The Morgan fingerprint density at radius 2 is 2.30 bits per heavy atom. The second-order valence-corrected chi connectivity index (χ2v) is 6.93. The lowest BCUT2D eigenvalue weighted by Crippen LogP contribution is -2.41.